The molecule has 0 aliphatic carbocycles. The molecule has 7 heteroatoms. The number of anilines is 1. The van der Waals surface area contributed by atoms with Gasteiger partial charge in [-0.1, -0.05) is 0 Å². The smallest absolute Gasteiger partial charge is 0.262 e. The average molecular weight is 243 g/mol. The van der Waals surface area contributed by atoms with Crippen LogP contribution in [0.5, 0.6) is 0 Å². The summed E-state index contributed by atoms with van der Waals surface area (Å²) in [7, 11) is 0. The van der Waals surface area contributed by atoms with E-state index in [4.69, 9.17) is 21.8 Å². The Morgan fingerprint density at radius 2 is 2.27 bits per heavy atom. The highest BCUT2D eigenvalue weighted by Gasteiger charge is 2.11. The molecule has 0 radical (unpaired) electrons. The lowest BCUT2D eigenvalue weighted by Crippen LogP contribution is -1.99. The number of nitrogens with zero attached hydrogens (tertiary/aromatic N) is 3. The van der Waals surface area contributed by atoms with Crippen molar-refractivity contribution < 1.29 is 4.42 Å². The van der Waals surface area contributed by atoms with Gasteiger partial charge < -0.3 is 10.2 Å². The van der Waals surface area contributed by atoms with Crippen molar-refractivity contribution in [2.75, 3.05) is 5.73 Å². The van der Waals surface area contributed by atoms with Crippen LogP contribution in [0.25, 0.3) is 0 Å². The summed E-state index contributed by atoms with van der Waals surface area (Å²) in [6.45, 7) is 1.77. The molecule has 0 aromatic carbocycles. The van der Waals surface area contributed by atoms with E-state index in [2.05, 4.69) is 15.0 Å². The summed E-state index contributed by atoms with van der Waals surface area (Å²) in [6, 6.07) is 0. The van der Waals surface area contributed by atoms with E-state index in [1.54, 1.807) is 13.1 Å². The second kappa shape index (κ2) is 4.08. The molecule has 0 spiro atoms. The van der Waals surface area contributed by atoms with Crippen LogP contribution in [0.15, 0.2) is 27.1 Å². The fraction of sp³-hybridized carbons (Fsp3) is 0.125. The van der Waals surface area contributed by atoms with Gasteiger partial charge in [-0.15, -0.1) is 0 Å². The van der Waals surface area contributed by atoms with Crippen molar-refractivity contribution in [1.82, 2.24) is 15.0 Å². The first kappa shape index (κ1) is 10.3. The lowest BCUT2D eigenvalue weighted by atomic mass is 10.4. The first-order chi connectivity index (χ1) is 7.16. The second-order valence-electron chi connectivity index (χ2n) is 2.70. The maximum absolute atomic E-state index is 5.79. The van der Waals surface area contributed by atoms with E-state index in [1.165, 1.54) is 18.0 Å². The van der Waals surface area contributed by atoms with Crippen molar-refractivity contribution in [3.05, 3.63) is 23.4 Å². The maximum atomic E-state index is 5.79. The average Bonchev–Trinajstić information content (AvgIpc) is 2.66. The van der Waals surface area contributed by atoms with Crippen molar-refractivity contribution in [3.8, 4) is 0 Å². The largest absolute Gasteiger partial charge is 0.440 e. The number of oxazole rings is 1. The zero-order chi connectivity index (χ0) is 10.8. The minimum Gasteiger partial charge on any atom is -0.440 e. The number of aromatic nitrogens is 3. The van der Waals surface area contributed by atoms with Crippen LogP contribution in [0.2, 0.25) is 5.28 Å². The quantitative estimate of drug-likeness (QED) is 0.642. The Bertz CT molecular complexity index is 474. The van der Waals surface area contributed by atoms with Gasteiger partial charge in [0.15, 0.2) is 0 Å². The highest BCUT2D eigenvalue weighted by molar-refractivity contribution is 7.99. The van der Waals surface area contributed by atoms with E-state index in [9.17, 15) is 0 Å². The molecule has 0 bridgehead atoms. The van der Waals surface area contributed by atoms with Crippen molar-refractivity contribution in [3.63, 3.8) is 0 Å². The fourth-order valence-corrected chi connectivity index (χ4v) is 1.98. The highest BCUT2D eigenvalue weighted by atomic mass is 35.5. The van der Waals surface area contributed by atoms with Crippen molar-refractivity contribution in [2.45, 2.75) is 17.2 Å². The molecule has 2 aromatic heterocycles. The van der Waals surface area contributed by atoms with Crippen molar-refractivity contribution in [2.24, 2.45) is 0 Å². The monoisotopic (exact) mass is 242 g/mol. The summed E-state index contributed by atoms with van der Waals surface area (Å²) >= 11 is 6.93. The molecule has 78 valence electrons. The molecule has 0 unspecified atom stereocenters. The minimum absolute atomic E-state index is 0.163. The molecule has 2 N–H and O–H groups in total. The SMILES string of the molecule is Cc1nc(Cl)nc(Sc2ncco2)c1N. The molecule has 0 fully saturated rings. The molecular weight excluding hydrogens is 236 g/mol. The second-order valence-corrected chi connectivity index (χ2v) is 3.98. The molecule has 2 aromatic rings. The number of aryl methyl sites for hydroxylation is 1. The lowest BCUT2D eigenvalue weighted by Gasteiger charge is -2.04. The van der Waals surface area contributed by atoms with Crippen LogP contribution in [-0.4, -0.2) is 15.0 Å². The van der Waals surface area contributed by atoms with Crippen LogP contribution in [0.4, 0.5) is 5.69 Å². The Kier molecular flexibility index (Phi) is 2.79. The standard InChI is InChI=1S/C8H7ClN4OS/c1-4-5(10)6(13-7(9)12-4)15-8-11-2-3-14-8/h2-3H,10H2,1H3. The molecule has 5 nitrogen and oxygen atoms in total. The molecule has 2 heterocycles. The van der Waals surface area contributed by atoms with E-state index in [-0.39, 0.29) is 5.28 Å². The molecule has 0 amide bonds. The predicted molar refractivity (Wildman–Crippen MR) is 56.8 cm³/mol. The van der Waals surface area contributed by atoms with Crippen molar-refractivity contribution >= 4 is 29.1 Å². The molecule has 0 aliphatic rings. The zero-order valence-electron chi connectivity index (χ0n) is 7.77. The summed E-state index contributed by atoms with van der Waals surface area (Å²) in [5, 5.41) is 1.18. The van der Waals surface area contributed by atoms with Gasteiger partial charge in [0.25, 0.3) is 5.22 Å². The summed E-state index contributed by atoms with van der Waals surface area (Å²) in [5.74, 6) is 0. The fourth-order valence-electron chi connectivity index (χ4n) is 0.944. The third-order valence-corrected chi connectivity index (χ3v) is 2.72. The number of hydrogen-bond acceptors (Lipinski definition) is 6. The van der Waals surface area contributed by atoms with E-state index >= 15 is 0 Å². The topological polar surface area (TPSA) is 77.8 Å². The van der Waals surface area contributed by atoms with Gasteiger partial charge in [-0.05, 0) is 30.3 Å². The van der Waals surface area contributed by atoms with E-state index in [0.29, 0.717) is 21.6 Å². The van der Waals surface area contributed by atoms with Gasteiger partial charge >= 0.3 is 0 Å². The number of halogens is 1. The van der Waals surface area contributed by atoms with Crippen LogP contribution in [-0.2, 0) is 0 Å². The Morgan fingerprint density at radius 1 is 1.47 bits per heavy atom. The molecule has 15 heavy (non-hydrogen) atoms. The van der Waals surface area contributed by atoms with Gasteiger partial charge in [0.2, 0.25) is 5.28 Å². The Labute approximate surface area is 95.1 Å². The third kappa shape index (κ3) is 2.21. The van der Waals surface area contributed by atoms with Crippen LogP contribution in [0.3, 0.4) is 0 Å². The Balaban J connectivity index is 2.36. The molecular formula is C8H7ClN4OS. The van der Waals surface area contributed by atoms with Gasteiger partial charge in [0, 0.05) is 0 Å². The number of hydrogen-bond donors (Lipinski definition) is 1. The number of nitrogens with two attached hydrogens (primary N) is 1. The number of nitrogen functional groups attached to an aromatic ring is 1. The van der Waals surface area contributed by atoms with Crippen LogP contribution >= 0.6 is 23.4 Å². The van der Waals surface area contributed by atoms with Crippen LogP contribution < -0.4 is 5.73 Å². The Hall–Kier alpha value is -1.27. The summed E-state index contributed by atoms with van der Waals surface area (Å²) in [6.07, 6.45) is 3.03. The van der Waals surface area contributed by atoms with Gasteiger partial charge in [-0.2, -0.15) is 0 Å². The van der Waals surface area contributed by atoms with Gasteiger partial charge in [0.05, 0.1) is 17.6 Å². The highest BCUT2D eigenvalue weighted by Crippen LogP contribution is 2.30. The number of rotatable bonds is 2. The molecule has 0 saturated carbocycles. The first-order valence-electron chi connectivity index (χ1n) is 4.04. The summed E-state index contributed by atoms with van der Waals surface area (Å²) in [4.78, 5) is 11.9. The summed E-state index contributed by atoms with van der Waals surface area (Å²) in [5.41, 5.74) is 6.93. The third-order valence-electron chi connectivity index (χ3n) is 1.67. The molecule has 0 atom stereocenters. The van der Waals surface area contributed by atoms with Crippen LogP contribution in [0.1, 0.15) is 5.69 Å². The van der Waals surface area contributed by atoms with E-state index < -0.39 is 0 Å². The molecule has 0 saturated heterocycles. The lowest BCUT2D eigenvalue weighted by molar-refractivity contribution is 0.454. The maximum Gasteiger partial charge on any atom is 0.262 e. The van der Waals surface area contributed by atoms with Gasteiger partial charge in [0.1, 0.15) is 11.3 Å². The van der Waals surface area contributed by atoms with Crippen molar-refractivity contribution in [1.29, 1.82) is 0 Å². The zero-order valence-corrected chi connectivity index (χ0v) is 9.34. The minimum atomic E-state index is 0.163. The normalized spacial score (nSPS) is 10.5. The first-order valence-corrected chi connectivity index (χ1v) is 5.23. The summed E-state index contributed by atoms with van der Waals surface area (Å²) < 4.78 is 5.06. The van der Waals surface area contributed by atoms with Gasteiger partial charge in [-0.3, -0.25) is 0 Å². The molecule has 2 rings (SSSR count). The van der Waals surface area contributed by atoms with E-state index in [0.717, 1.165) is 0 Å². The molecule has 0 aliphatic heterocycles. The van der Waals surface area contributed by atoms with Crippen LogP contribution in [0, 0.1) is 6.92 Å². The Morgan fingerprint density at radius 3 is 2.93 bits per heavy atom. The van der Waals surface area contributed by atoms with Gasteiger partial charge in [-0.25, -0.2) is 15.0 Å². The predicted octanol–water partition coefficient (Wildman–Crippen LogP) is 2.16. The van der Waals surface area contributed by atoms with E-state index in [1.807, 2.05) is 0 Å².